The van der Waals surface area contributed by atoms with Crippen LogP contribution in [0.3, 0.4) is 0 Å². The van der Waals surface area contributed by atoms with E-state index in [1.807, 2.05) is 12.1 Å². The first kappa shape index (κ1) is 28.4. The zero-order valence-corrected chi connectivity index (χ0v) is 28.6. The van der Waals surface area contributed by atoms with Gasteiger partial charge in [-0.3, -0.25) is 4.57 Å². The molecular formula is C48H33N3O. The van der Waals surface area contributed by atoms with Gasteiger partial charge in [-0.2, -0.15) is 0 Å². The molecule has 3 heterocycles. The van der Waals surface area contributed by atoms with E-state index >= 15 is 0 Å². The van der Waals surface area contributed by atoms with Gasteiger partial charge in [0.2, 0.25) is 5.95 Å². The molecule has 1 saturated carbocycles. The number of hydrogen-bond donors (Lipinski definition) is 0. The number of para-hydroxylation sites is 2. The van der Waals surface area contributed by atoms with Crippen molar-refractivity contribution in [1.29, 1.82) is 0 Å². The topological polar surface area (TPSA) is 43.9 Å². The van der Waals surface area contributed by atoms with Gasteiger partial charge in [0.15, 0.2) is 5.58 Å². The molecule has 7 aromatic carbocycles. The highest BCUT2D eigenvalue weighted by atomic mass is 16.3. The van der Waals surface area contributed by atoms with Crippen molar-refractivity contribution in [3.05, 3.63) is 151 Å². The van der Waals surface area contributed by atoms with Crippen molar-refractivity contribution in [3.63, 3.8) is 0 Å². The molecule has 3 aromatic heterocycles. The van der Waals surface area contributed by atoms with Gasteiger partial charge in [0.05, 0.1) is 11.0 Å². The van der Waals surface area contributed by atoms with Gasteiger partial charge in [0.1, 0.15) is 16.8 Å². The molecule has 0 atom stereocenters. The summed E-state index contributed by atoms with van der Waals surface area (Å²) in [6.07, 6.45) is 6.10. The summed E-state index contributed by atoms with van der Waals surface area (Å²) in [6, 6.07) is 50.4. The Kier molecular flexibility index (Phi) is 5.69. The SMILES string of the molecule is c1ccc2c(c1)-c1c(c3c4ccccc4n(-c4nc(-c5cccc6ccccc56)c5oc6ccccc6c5n4)c3c3ccccc13)C21CCCCC1. The lowest BCUT2D eigenvalue weighted by molar-refractivity contribution is 0.355. The maximum atomic E-state index is 6.64. The van der Waals surface area contributed by atoms with Crippen LogP contribution in [0.15, 0.2) is 144 Å². The zero-order chi connectivity index (χ0) is 34.0. The quantitative estimate of drug-likeness (QED) is 0.184. The largest absolute Gasteiger partial charge is 0.452 e. The van der Waals surface area contributed by atoms with Crippen LogP contribution >= 0.6 is 0 Å². The molecule has 0 saturated heterocycles. The van der Waals surface area contributed by atoms with Crippen LogP contribution < -0.4 is 0 Å². The second kappa shape index (κ2) is 10.4. The molecule has 0 amide bonds. The van der Waals surface area contributed by atoms with Crippen LogP contribution in [0, 0.1) is 0 Å². The average Bonchev–Trinajstić information content (AvgIpc) is 3.85. The lowest BCUT2D eigenvalue weighted by Gasteiger charge is -2.36. The fourth-order valence-corrected chi connectivity index (χ4v) is 10.1. The first-order chi connectivity index (χ1) is 25.8. The summed E-state index contributed by atoms with van der Waals surface area (Å²) in [5.74, 6) is 0.659. The Morgan fingerprint density at radius 2 is 1.23 bits per heavy atom. The van der Waals surface area contributed by atoms with Crippen molar-refractivity contribution < 1.29 is 4.42 Å². The molecule has 2 aliphatic rings. The summed E-state index contributed by atoms with van der Waals surface area (Å²) in [5, 5.41) is 8.42. The molecule has 0 radical (unpaired) electrons. The van der Waals surface area contributed by atoms with Crippen LogP contribution in [-0.2, 0) is 5.41 Å². The molecule has 1 spiro atoms. The molecule has 2 aliphatic carbocycles. The molecule has 10 aromatic rings. The molecule has 12 rings (SSSR count). The van der Waals surface area contributed by atoms with Crippen LogP contribution in [0.25, 0.3) is 93.8 Å². The van der Waals surface area contributed by atoms with Gasteiger partial charge < -0.3 is 4.42 Å². The van der Waals surface area contributed by atoms with Gasteiger partial charge >= 0.3 is 0 Å². The fourth-order valence-electron chi connectivity index (χ4n) is 10.1. The van der Waals surface area contributed by atoms with E-state index < -0.39 is 0 Å². The minimum atomic E-state index is -0.0267. The number of fused-ring (bicyclic) bond motifs is 16. The second-order valence-electron chi connectivity index (χ2n) is 14.7. The second-order valence-corrected chi connectivity index (χ2v) is 14.7. The Bertz CT molecular complexity index is 3120. The summed E-state index contributed by atoms with van der Waals surface area (Å²) in [6.45, 7) is 0. The van der Waals surface area contributed by atoms with Crippen LogP contribution in [-0.4, -0.2) is 14.5 Å². The van der Waals surface area contributed by atoms with Gasteiger partial charge in [-0.25, -0.2) is 9.97 Å². The minimum Gasteiger partial charge on any atom is -0.452 e. The Balaban J connectivity index is 1.29. The average molecular weight is 668 g/mol. The number of hydrogen-bond acceptors (Lipinski definition) is 3. The molecule has 4 nitrogen and oxygen atoms in total. The van der Waals surface area contributed by atoms with Gasteiger partial charge in [-0.05, 0) is 69.5 Å². The number of nitrogens with zero attached hydrogens (tertiary/aromatic N) is 3. The first-order valence-electron chi connectivity index (χ1n) is 18.6. The van der Waals surface area contributed by atoms with Crippen LogP contribution in [0.1, 0.15) is 43.2 Å². The van der Waals surface area contributed by atoms with Crippen LogP contribution in [0.5, 0.6) is 0 Å². The van der Waals surface area contributed by atoms with E-state index in [9.17, 15) is 0 Å². The summed E-state index contributed by atoms with van der Waals surface area (Å²) in [4.78, 5) is 11.0. The molecule has 246 valence electrons. The fraction of sp³-hybridized carbons (Fsp3) is 0.125. The Morgan fingerprint density at radius 3 is 2.12 bits per heavy atom. The Labute approximate surface area is 300 Å². The van der Waals surface area contributed by atoms with Gasteiger partial charge in [-0.15, -0.1) is 0 Å². The summed E-state index contributed by atoms with van der Waals surface area (Å²) >= 11 is 0. The van der Waals surface area contributed by atoms with E-state index in [1.54, 1.807) is 0 Å². The number of aromatic nitrogens is 3. The van der Waals surface area contributed by atoms with Crippen molar-refractivity contribution in [2.75, 3.05) is 0 Å². The maximum absolute atomic E-state index is 6.64. The number of rotatable bonds is 2. The lowest BCUT2D eigenvalue weighted by atomic mass is 9.66. The van der Waals surface area contributed by atoms with E-state index in [2.05, 4.69) is 132 Å². The predicted octanol–water partition coefficient (Wildman–Crippen LogP) is 12.7. The molecule has 52 heavy (non-hydrogen) atoms. The summed E-state index contributed by atoms with van der Waals surface area (Å²) in [5.41, 5.74) is 12.3. The summed E-state index contributed by atoms with van der Waals surface area (Å²) in [7, 11) is 0. The smallest absolute Gasteiger partial charge is 0.236 e. The number of furan rings is 1. The standard InChI is InChI=1S/C48H33N3O/c1-12-27-48(28-13-1)37-24-9-6-20-34(37)40-31-18-4-5-19-33(31)45-41(42(40)48)35-21-7-10-25-38(35)51(45)47-49-43(32-23-14-16-29-15-2-3-17-30(29)32)46-44(50-47)36-22-8-11-26-39(36)52-46/h2-11,14-26H,1,12-13,27-28H2. The van der Waals surface area contributed by atoms with Gasteiger partial charge in [0, 0.05) is 32.5 Å². The van der Waals surface area contributed by atoms with E-state index in [1.165, 1.54) is 86.8 Å². The molecule has 4 heteroatoms. The van der Waals surface area contributed by atoms with Crippen molar-refractivity contribution >= 4 is 65.4 Å². The van der Waals surface area contributed by atoms with Crippen molar-refractivity contribution in [3.8, 4) is 28.3 Å². The molecule has 0 N–H and O–H groups in total. The highest BCUT2D eigenvalue weighted by Crippen LogP contribution is 2.61. The van der Waals surface area contributed by atoms with E-state index in [-0.39, 0.29) is 5.41 Å². The molecule has 0 bridgehead atoms. The molecule has 1 fully saturated rings. The predicted molar refractivity (Wildman–Crippen MR) is 213 cm³/mol. The van der Waals surface area contributed by atoms with Crippen molar-refractivity contribution in [2.45, 2.75) is 37.5 Å². The third-order valence-corrected chi connectivity index (χ3v) is 12.2. The normalized spacial score (nSPS) is 15.1. The Morgan fingerprint density at radius 1 is 0.558 bits per heavy atom. The van der Waals surface area contributed by atoms with Crippen LogP contribution in [0.2, 0.25) is 0 Å². The molecule has 0 unspecified atom stereocenters. The third-order valence-electron chi connectivity index (χ3n) is 12.2. The monoisotopic (exact) mass is 667 g/mol. The lowest BCUT2D eigenvalue weighted by Crippen LogP contribution is -2.28. The van der Waals surface area contributed by atoms with Gasteiger partial charge in [-0.1, -0.05) is 141 Å². The summed E-state index contributed by atoms with van der Waals surface area (Å²) < 4.78 is 9.01. The molecule has 0 aliphatic heterocycles. The van der Waals surface area contributed by atoms with Crippen molar-refractivity contribution in [2.24, 2.45) is 0 Å². The van der Waals surface area contributed by atoms with Crippen molar-refractivity contribution in [1.82, 2.24) is 14.5 Å². The van der Waals surface area contributed by atoms with Gasteiger partial charge in [0.25, 0.3) is 0 Å². The van der Waals surface area contributed by atoms with E-state index in [0.717, 1.165) is 38.6 Å². The molecular weight excluding hydrogens is 635 g/mol. The van der Waals surface area contributed by atoms with Crippen LogP contribution in [0.4, 0.5) is 0 Å². The maximum Gasteiger partial charge on any atom is 0.236 e. The van der Waals surface area contributed by atoms with E-state index in [0.29, 0.717) is 11.5 Å². The third kappa shape index (κ3) is 3.61. The first-order valence-corrected chi connectivity index (χ1v) is 18.6. The highest BCUT2D eigenvalue weighted by molar-refractivity contribution is 6.25. The van der Waals surface area contributed by atoms with E-state index in [4.69, 9.17) is 14.4 Å². The zero-order valence-electron chi connectivity index (χ0n) is 28.6. The minimum absolute atomic E-state index is 0.0267. The Hall–Kier alpha value is -6.26. The highest BCUT2D eigenvalue weighted by Gasteiger charge is 2.46. The number of benzene rings is 7.